The minimum atomic E-state index is -1.26. The third-order valence-electron chi connectivity index (χ3n) is 2.28. The smallest absolute Gasteiger partial charge is 0.308 e. The predicted molar refractivity (Wildman–Crippen MR) is 58.4 cm³/mol. The number of ether oxygens (including phenoxy) is 2. The number of methoxy groups -OCH3 is 2. The predicted octanol–water partition coefficient (Wildman–Crippen LogP) is 0.0476. The Balaban J connectivity index is 2.80. The van der Waals surface area contributed by atoms with Crippen molar-refractivity contribution in [1.29, 1.82) is 0 Å². The number of aliphatic hydroxyl groups is 2. The molecule has 6 nitrogen and oxygen atoms in total. The molecule has 0 fully saturated rings. The van der Waals surface area contributed by atoms with Crippen molar-refractivity contribution < 1.29 is 24.5 Å². The number of hydrogen-bond acceptors (Lipinski definition) is 6. The van der Waals surface area contributed by atoms with Crippen molar-refractivity contribution in [3.63, 3.8) is 0 Å². The summed E-state index contributed by atoms with van der Waals surface area (Å²) in [4.78, 5) is 14.9. The Morgan fingerprint density at radius 2 is 2.18 bits per heavy atom. The maximum absolute atomic E-state index is 11.0. The molecule has 1 aromatic heterocycles. The zero-order valence-corrected chi connectivity index (χ0v) is 9.66. The second-order valence-corrected chi connectivity index (χ2v) is 3.39. The highest BCUT2D eigenvalue weighted by molar-refractivity contribution is 5.69. The van der Waals surface area contributed by atoms with Crippen molar-refractivity contribution in [2.45, 2.75) is 18.6 Å². The lowest BCUT2D eigenvalue weighted by Crippen LogP contribution is -2.23. The van der Waals surface area contributed by atoms with E-state index < -0.39 is 18.2 Å². The Bertz CT molecular complexity index is 382. The van der Waals surface area contributed by atoms with E-state index >= 15 is 0 Å². The van der Waals surface area contributed by atoms with Crippen molar-refractivity contribution in [3.05, 3.63) is 23.9 Å². The van der Waals surface area contributed by atoms with Crippen LogP contribution in [0.2, 0.25) is 0 Å². The van der Waals surface area contributed by atoms with E-state index in [2.05, 4.69) is 9.72 Å². The zero-order chi connectivity index (χ0) is 12.8. The van der Waals surface area contributed by atoms with Gasteiger partial charge >= 0.3 is 5.97 Å². The highest BCUT2D eigenvalue weighted by Gasteiger charge is 2.24. The number of esters is 1. The van der Waals surface area contributed by atoms with Gasteiger partial charge in [0.05, 0.1) is 26.7 Å². The molecule has 17 heavy (non-hydrogen) atoms. The van der Waals surface area contributed by atoms with E-state index in [-0.39, 0.29) is 12.3 Å². The summed E-state index contributed by atoms with van der Waals surface area (Å²) in [6, 6.07) is 3.17. The third-order valence-corrected chi connectivity index (χ3v) is 2.28. The Hall–Kier alpha value is -1.66. The van der Waals surface area contributed by atoms with Gasteiger partial charge in [-0.1, -0.05) is 0 Å². The van der Waals surface area contributed by atoms with Crippen LogP contribution in [0.15, 0.2) is 18.3 Å². The minimum Gasteiger partial charge on any atom is -0.481 e. The van der Waals surface area contributed by atoms with Gasteiger partial charge in [0, 0.05) is 11.8 Å². The van der Waals surface area contributed by atoms with E-state index in [9.17, 15) is 15.0 Å². The Labute approximate surface area is 98.8 Å². The molecule has 0 bridgehead atoms. The number of hydrogen-bond donors (Lipinski definition) is 2. The molecule has 1 aromatic rings. The average molecular weight is 241 g/mol. The molecule has 0 aliphatic heterocycles. The number of aromatic nitrogens is 1. The summed E-state index contributed by atoms with van der Waals surface area (Å²) < 4.78 is 9.36. The molecule has 2 unspecified atom stereocenters. The van der Waals surface area contributed by atoms with Gasteiger partial charge in [-0.2, -0.15) is 0 Å². The minimum absolute atomic E-state index is 0.212. The second-order valence-electron chi connectivity index (χ2n) is 3.39. The van der Waals surface area contributed by atoms with Crippen LogP contribution in [0.25, 0.3) is 0 Å². The van der Waals surface area contributed by atoms with Gasteiger partial charge in [-0.05, 0) is 12.1 Å². The standard InChI is InChI=1S/C11H15NO5/c1-16-9(14)6-8(13)10(15)7-4-3-5-12-11(7)17-2/h3-5,8,10,13,15H,6H2,1-2H3. The molecule has 2 N–H and O–H groups in total. The van der Waals surface area contributed by atoms with E-state index in [0.29, 0.717) is 5.56 Å². The summed E-state index contributed by atoms with van der Waals surface area (Å²) in [5.41, 5.74) is 0.325. The molecule has 0 aromatic carbocycles. The molecule has 1 rings (SSSR count). The molecule has 0 amide bonds. The summed E-state index contributed by atoms with van der Waals surface area (Å²) in [6.07, 6.45) is -1.31. The van der Waals surface area contributed by atoms with E-state index in [0.717, 1.165) is 0 Å². The van der Waals surface area contributed by atoms with Crippen LogP contribution in [-0.2, 0) is 9.53 Å². The number of carbonyl (C=O) groups excluding carboxylic acids is 1. The molecular formula is C11H15NO5. The second kappa shape index (κ2) is 6.17. The van der Waals surface area contributed by atoms with E-state index in [1.807, 2.05) is 0 Å². The van der Waals surface area contributed by atoms with Crippen LogP contribution >= 0.6 is 0 Å². The Kier molecular flexibility index (Phi) is 4.86. The maximum Gasteiger partial charge on any atom is 0.308 e. The number of rotatable bonds is 5. The maximum atomic E-state index is 11.0. The summed E-state index contributed by atoms with van der Waals surface area (Å²) in [5, 5.41) is 19.5. The van der Waals surface area contributed by atoms with Gasteiger partial charge in [0.15, 0.2) is 0 Å². The molecule has 1 heterocycles. The average Bonchev–Trinajstić information content (AvgIpc) is 2.37. The normalized spacial score (nSPS) is 13.9. The van der Waals surface area contributed by atoms with Gasteiger partial charge in [0.25, 0.3) is 0 Å². The summed E-state index contributed by atoms with van der Waals surface area (Å²) >= 11 is 0. The van der Waals surface area contributed by atoms with E-state index in [1.54, 1.807) is 12.1 Å². The van der Waals surface area contributed by atoms with E-state index in [1.165, 1.54) is 20.4 Å². The highest BCUT2D eigenvalue weighted by atomic mass is 16.5. The topological polar surface area (TPSA) is 88.9 Å². The van der Waals surface area contributed by atoms with Crippen molar-refractivity contribution in [3.8, 4) is 5.88 Å². The lowest BCUT2D eigenvalue weighted by Gasteiger charge is -2.18. The van der Waals surface area contributed by atoms with Gasteiger partial charge in [0.2, 0.25) is 5.88 Å². The van der Waals surface area contributed by atoms with Gasteiger partial charge in [-0.15, -0.1) is 0 Å². The van der Waals surface area contributed by atoms with Crippen LogP contribution in [0.4, 0.5) is 0 Å². The fourth-order valence-electron chi connectivity index (χ4n) is 1.37. The van der Waals surface area contributed by atoms with Gasteiger partial charge in [0.1, 0.15) is 6.10 Å². The monoisotopic (exact) mass is 241 g/mol. The Morgan fingerprint density at radius 3 is 2.76 bits per heavy atom. The van der Waals surface area contributed by atoms with Crippen molar-refractivity contribution in [2.75, 3.05) is 14.2 Å². The molecular weight excluding hydrogens is 226 g/mol. The molecule has 0 aliphatic carbocycles. The summed E-state index contributed by atoms with van der Waals surface area (Å²) in [6.45, 7) is 0. The van der Waals surface area contributed by atoms with Crippen molar-refractivity contribution >= 4 is 5.97 Å². The van der Waals surface area contributed by atoms with Gasteiger partial charge in [-0.25, -0.2) is 4.98 Å². The first-order chi connectivity index (χ1) is 8.10. The molecule has 0 saturated carbocycles. The van der Waals surface area contributed by atoms with E-state index in [4.69, 9.17) is 4.74 Å². The van der Waals surface area contributed by atoms with Crippen LogP contribution in [-0.4, -0.2) is 41.5 Å². The first-order valence-corrected chi connectivity index (χ1v) is 5.02. The number of aliphatic hydroxyl groups excluding tert-OH is 2. The quantitative estimate of drug-likeness (QED) is 0.708. The number of nitrogens with zero attached hydrogens (tertiary/aromatic N) is 1. The summed E-state index contributed by atoms with van der Waals surface area (Å²) in [7, 11) is 2.62. The van der Waals surface area contributed by atoms with Crippen LogP contribution in [0.3, 0.4) is 0 Å². The SMILES string of the molecule is COC(=O)CC(O)C(O)c1cccnc1OC. The van der Waals surface area contributed by atoms with Crippen LogP contribution in [0.1, 0.15) is 18.1 Å². The molecule has 0 radical (unpaired) electrons. The largest absolute Gasteiger partial charge is 0.481 e. The molecule has 6 heteroatoms. The molecule has 2 atom stereocenters. The lowest BCUT2D eigenvalue weighted by atomic mass is 10.0. The molecule has 94 valence electrons. The molecule has 0 aliphatic rings. The van der Waals surface area contributed by atoms with Gasteiger partial charge < -0.3 is 19.7 Å². The fourth-order valence-corrected chi connectivity index (χ4v) is 1.37. The fraction of sp³-hybridized carbons (Fsp3) is 0.455. The lowest BCUT2D eigenvalue weighted by molar-refractivity contribution is -0.144. The summed E-state index contributed by atoms with van der Waals surface area (Å²) in [5.74, 6) is -0.386. The van der Waals surface area contributed by atoms with Crippen molar-refractivity contribution in [2.24, 2.45) is 0 Å². The molecule has 0 saturated heterocycles. The Morgan fingerprint density at radius 1 is 1.47 bits per heavy atom. The zero-order valence-electron chi connectivity index (χ0n) is 9.66. The number of carbonyl (C=O) groups is 1. The van der Waals surface area contributed by atoms with Crippen LogP contribution in [0.5, 0.6) is 5.88 Å². The third kappa shape index (κ3) is 3.40. The van der Waals surface area contributed by atoms with Crippen LogP contribution < -0.4 is 4.74 Å². The highest BCUT2D eigenvalue weighted by Crippen LogP contribution is 2.26. The van der Waals surface area contributed by atoms with Crippen molar-refractivity contribution in [1.82, 2.24) is 4.98 Å². The number of pyridine rings is 1. The molecule has 0 spiro atoms. The first kappa shape index (κ1) is 13.4. The first-order valence-electron chi connectivity index (χ1n) is 5.02. The van der Waals surface area contributed by atoms with Crippen LogP contribution in [0, 0.1) is 0 Å². The van der Waals surface area contributed by atoms with Gasteiger partial charge in [-0.3, -0.25) is 4.79 Å².